The molecule has 0 spiro atoms. The van der Waals surface area contributed by atoms with E-state index in [2.05, 4.69) is 15.9 Å². The smallest absolute Gasteiger partial charge is 0.338 e. The molecular formula is C19H19BrO4. The van der Waals surface area contributed by atoms with Crippen LogP contribution in [-0.2, 0) is 16.1 Å². The lowest BCUT2D eigenvalue weighted by molar-refractivity contribution is 0.0161. The molecular weight excluding hydrogens is 372 g/mol. The molecule has 0 N–H and O–H groups in total. The summed E-state index contributed by atoms with van der Waals surface area (Å²) in [5, 5.41) is 0. The molecule has 1 saturated heterocycles. The van der Waals surface area contributed by atoms with Crippen LogP contribution >= 0.6 is 15.9 Å². The number of esters is 1. The van der Waals surface area contributed by atoms with Gasteiger partial charge in [-0.15, -0.1) is 0 Å². The van der Waals surface area contributed by atoms with Crippen molar-refractivity contribution in [3.63, 3.8) is 0 Å². The average Bonchev–Trinajstić information content (AvgIpc) is 3.13. The summed E-state index contributed by atoms with van der Waals surface area (Å²) in [6, 6.07) is 15.0. The highest BCUT2D eigenvalue weighted by Gasteiger charge is 2.18. The van der Waals surface area contributed by atoms with Gasteiger partial charge in [-0.25, -0.2) is 4.79 Å². The lowest BCUT2D eigenvalue weighted by atomic mass is 10.1. The van der Waals surface area contributed by atoms with E-state index in [0.717, 1.165) is 35.2 Å². The normalized spacial score (nSPS) is 16.8. The highest BCUT2D eigenvalue weighted by atomic mass is 79.9. The number of hydrogen-bond donors (Lipinski definition) is 0. The Morgan fingerprint density at radius 2 is 1.96 bits per heavy atom. The van der Waals surface area contributed by atoms with E-state index in [9.17, 15) is 4.79 Å². The highest BCUT2D eigenvalue weighted by molar-refractivity contribution is 9.10. The van der Waals surface area contributed by atoms with Gasteiger partial charge < -0.3 is 14.2 Å². The highest BCUT2D eigenvalue weighted by Crippen LogP contribution is 2.24. The van der Waals surface area contributed by atoms with Gasteiger partial charge in [0, 0.05) is 6.61 Å². The van der Waals surface area contributed by atoms with Gasteiger partial charge in [0.05, 0.1) is 16.1 Å². The predicted octanol–water partition coefficient (Wildman–Crippen LogP) is 4.36. The molecule has 1 atom stereocenters. The molecule has 2 aromatic rings. The molecule has 1 aliphatic rings. The van der Waals surface area contributed by atoms with Crippen LogP contribution in [0, 0.1) is 0 Å². The Balaban J connectivity index is 1.51. The van der Waals surface area contributed by atoms with Crippen LogP contribution in [-0.4, -0.2) is 25.3 Å². The van der Waals surface area contributed by atoms with E-state index in [4.69, 9.17) is 14.2 Å². The monoisotopic (exact) mass is 390 g/mol. The van der Waals surface area contributed by atoms with Crippen molar-refractivity contribution in [2.45, 2.75) is 25.6 Å². The maximum absolute atomic E-state index is 12.0. The van der Waals surface area contributed by atoms with Crippen molar-refractivity contribution in [3.05, 3.63) is 64.1 Å². The molecule has 24 heavy (non-hydrogen) atoms. The van der Waals surface area contributed by atoms with Crippen LogP contribution < -0.4 is 4.74 Å². The summed E-state index contributed by atoms with van der Waals surface area (Å²) < 4.78 is 17.4. The van der Waals surface area contributed by atoms with Crippen molar-refractivity contribution in [1.82, 2.24) is 0 Å². The summed E-state index contributed by atoms with van der Waals surface area (Å²) >= 11 is 3.45. The molecule has 0 saturated carbocycles. The van der Waals surface area contributed by atoms with Crippen molar-refractivity contribution in [1.29, 1.82) is 0 Å². The van der Waals surface area contributed by atoms with Crippen molar-refractivity contribution in [2.75, 3.05) is 13.2 Å². The van der Waals surface area contributed by atoms with Gasteiger partial charge in [-0.05, 0) is 58.6 Å². The second kappa shape index (κ2) is 8.31. The number of benzene rings is 2. The lowest BCUT2D eigenvalue weighted by Crippen LogP contribution is -2.17. The lowest BCUT2D eigenvalue weighted by Gasteiger charge is -2.11. The van der Waals surface area contributed by atoms with E-state index in [1.807, 2.05) is 36.4 Å². The zero-order valence-electron chi connectivity index (χ0n) is 13.2. The van der Waals surface area contributed by atoms with Crippen molar-refractivity contribution < 1.29 is 19.0 Å². The van der Waals surface area contributed by atoms with Gasteiger partial charge >= 0.3 is 5.97 Å². The Labute approximate surface area is 149 Å². The second-order valence-electron chi connectivity index (χ2n) is 5.65. The molecule has 4 nitrogen and oxygen atoms in total. The number of hydrogen-bond acceptors (Lipinski definition) is 4. The zero-order valence-corrected chi connectivity index (χ0v) is 14.8. The van der Waals surface area contributed by atoms with Crippen molar-refractivity contribution in [3.8, 4) is 5.75 Å². The van der Waals surface area contributed by atoms with Gasteiger partial charge in [0.15, 0.2) is 0 Å². The quantitative estimate of drug-likeness (QED) is 0.687. The van der Waals surface area contributed by atoms with Gasteiger partial charge in [0.2, 0.25) is 0 Å². The van der Waals surface area contributed by atoms with Crippen LogP contribution in [0.4, 0.5) is 0 Å². The first-order valence-corrected chi connectivity index (χ1v) is 8.76. The molecule has 0 aromatic heterocycles. The third kappa shape index (κ3) is 4.58. The number of para-hydroxylation sites is 1. The first-order chi connectivity index (χ1) is 11.7. The molecule has 3 rings (SSSR count). The third-order valence-corrected chi connectivity index (χ3v) is 4.50. The molecule has 0 amide bonds. The van der Waals surface area contributed by atoms with Crippen LogP contribution in [0.25, 0.3) is 0 Å². The number of rotatable bonds is 6. The van der Waals surface area contributed by atoms with E-state index in [1.165, 1.54) is 0 Å². The number of ether oxygens (including phenoxy) is 3. The van der Waals surface area contributed by atoms with E-state index >= 15 is 0 Å². The Kier molecular flexibility index (Phi) is 5.88. The van der Waals surface area contributed by atoms with Gasteiger partial charge in [-0.3, -0.25) is 0 Å². The number of carbonyl (C=O) groups is 1. The van der Waals surface area contributed by atoms with E-state index in [-0.39, 0.29) is 12.1 Å². The van der Waals surface area contributed by atoms with Crippen LogP contribution in [0.5, 0.6) is 5.75 Å². The minimum atomic E-state index is -0.316. The SMILES string of the molecule is O=C(OCC1CCCO1)c1ccc(COc2ccccc2Br)cc1. The van der Waals surface area contributed by atoms with E-state index in [1.54, 1.807) is 12.1 Å². The predicted molar refractivity (Wildman–Crippen MR) is 94.2 cm³/mol. The molecule has 1 unspecified atom stereocenters. The summed E-state index contributed by atoms with van der Waals surface area (Å²) in [7, 11) is 0. The molecule has 0 bridgehead atoms. The van der Waals surface area contributed by atoms with Crippen molar-refractivity contribution >= 4 is 21.9 Å². The fourth-order valence-electron chi connectivity index (χ4n) is 2.49. The Morgan fingerprint density at radius 1 is 1.17 bits per heavy atom. The summed E-state index contributed by atoms with van der Waals surface area (Å²) in [4.78, 5) is 12.0. The number of carbonyl (C=O) groups excluding carboxylic acids is 1. The van der Waals surface area contributed by atoms with E-state index < -0.39 is 0 Å². The number of halogens is 1. The van der Waals surface area contributed by atoms with Gasteiger partial charge in [-0.1, -0.05) is 24.3 Å². The second-order valence-corrected chi connectivity index (χ2v) is 6.50. The Hall–Kier alpha value is -1.85. The van der Waals surface area contributed by atoms with E-state index in [0.29, 0.717) is 18.8 Å². The third-order valence-electron chi connectivity index (χ3n) is 3.84. The molecule has 1 heterocycles. The van der Waals surface area contributed by atoms with Gasteiger partial charge in [0.1, 0.15) is 19.0 Å². The summed E-state index contributed by atoms with van der Waals surface area (Å²) in [5.41, 5.74) is 1.53. The van der Waals surface area contributed by atoms with Crippen LogP contribution in [0.3, 0.4) is 0 Å². The van der Waals surface area contributed by atoms with Crippen LogP contribution in [0.2, 0.25) is 0 Å². The molecule has 5 heteroatoms. The van der Waals surface area contributed by atoms with Gasteiger partial charge in [-0.2, -0.15) is 0 Å². The molecule has 2 aromatic carbocycles. The summed E-state index contributed by atoms with van der Waals surface area (Å²) in [6.45, 7) is 1.52. The van der Waals surface area contributed by atoms with Gasteiger partial charge in [0.25, 0.3) is 0 Å². The Morgan fingerprint density at radius 3 is 2.67 bits per heavy atom. The molecule has 0 radical (unpaired) electrons. The molecule has 1 aliphatic heterocycles. The topological polar surface area (TPSA) is 44.8 Å². The Bertz CT molecular complexity index is 678. The first-order valence-electron chi connectivity index (χ1n) is 7.97. The zero-order chi connectivity index (χ0) is 16.8. The van der Waals surface area contributed by atoms with Crippen LogP contribution in [0.15, 0.2) is 53.0 Å². The maximum Gasteiger partial charge on any atom is 0.338 e. The minimum Gasteiger partial charge on any atom is -0.488 e. The van der Waals surface area contributed by atoms with Crippen LogP contribution in [0.1, 0.15) is 28.8 Å². The average molecular weight is 391 g/mol. The molecule has 0 aliphatic carbocycles. The largest absolute Gasteiger partial charge is 0.488 e. The maximum atomic E-state index is 12.0. The standard InChI is InChI=1S/C19H19BrO4/c20-17-5-1-2-6-18(17)23-12-14-7-9-15(10-8-14)19(21)24-13-16-4-3-11-22-16/h1-2,5-10,16H,3-4,11-13H2. The fraction of sp³-hybridized carbons (Fsp3) is 0.316. The summed E-state index contributed by atoms with van der Waals surface area (Å²) in [5.74, 6) is 0.473. The molecule has 1 fully saturated rings. The fourth-order valence-corrected chi connectivity index (χ4v) is 2.89. The van der Waals surface area contributed by atoms with Crippen molar-refractivity contribution in [2.24, 2.45) is 0 Å². The minimum absolute atomic E-state index is 0.0472. The summed E-state index contributed by atoms with van der Waals surface area (Å²) in [6.07, 6.45) is 2.04. The first kappa shape index (κ1) is 17.0. The molecule has 126 valence electrons.